The van der Waals surface area contributed by atoms with Crippen LogP contribution in [0, 0.1) is 5.82 Å². The van der Waals surface area contributed by atoms with E-state index < -0.39 is 10.0 Å². The number of benzene rings is 2. The molecule has 1 fully saturated rings. The molecule has 0 aliphatic carbocycles. The molecule has 1 saturated heterocycles. The predicted molar refractivity (Wildman–Crippen MR) is 99.5 cm³/mol. The van der Waals surface area contributed by atoms with Crippen LogP contribution in [0.4, 0.5) is 10.1 Å². The van der Waals surface area contributed by atoms with E-state index in [0.717, 1.165) is 5.56 Å². The molecule has 0 radical (unpaired) electrons. The van der Waals surface area contributed by atoms with Crippen LogP contribution in [0.15, 0.2) is 54.6 Å². The minimum atomic E-state index is -3.19. The zero-order valence-corrected chi connectivity index (χ0v) is 14.9. The molecule has 0 unspecified atom stereocenters. The van der Waals surface area contributed by atoms with Gasteiger partial charge < -0.3 is 5.32 Å². The standard InChI is InChI=1S/C19H19FN2O3S/c20-17-4-1-3-16(13-17)14-21-19(23)10-7-15-5-8-18(9-6-15)22-11-2-12-26(22,24)25/h1,3-10,13H,2,11-12,14H2,(H,21,23)/b10-7+. The van der Waals surface area contributed by atoms with Gasteiger partial charge >= 0.3 is 0 Å². The molecule has 1 amide bonds. The van der Waals surface area contributed by atoms with Gasteiger partial charge in [0.1, 0.15) is 5.82 Å². The van der Waals surface area contributed by atoms with Crippen molar-refractivity contribution < 1.29 is 17.6 Å². The quantitative estimate of drug-likeness (QED) is 0.819. The normalized spacial score (nSPS) is 16.1. The molecule has 0 spiro atoms. The molecule has 1 aliphatic heterocycles. The highest BCUT2D eigenvalue weighted by Gasteiger charge is 2.28. The van der Waals surface area contributed by atoms with Crippen molar-refractivity contribution in [2.45, 2.75) is 13.0 Å². The Balaban J connectivity index is 1.57. The average Bonchev–Trinajstić information content (AvgIpc) is 2.98. The number of nitrogens with one attached hydrogen (secondary N) is 1. The lowest BCUT2D eigenvalue weighted by atomic mass is 10.2. The lowest BCUT2D eigenvalue weighted by Gasteiger charge is -2.16. The van der Waals surface area contributed by atoms with Gasteiger partial charge in [-0.05, 0) is 47.9 Å². The van der Waals surface area contributed by atoms with E-state index in [1.807, 2.05) is 0 Å². The molecule has 2 aromatic rings. The Morgan fingerprint density at radius 1 is 1.19 bits per heavy atom. The summed E-state index contributed by atoms with van der Waals surface area (Å²) in [6.45, 7) is 0.743. The third kappa shape index (κ3) is 4.49. The van der Waals surface area contributed by atoms with E-state index in [-0.39, 0.29) is 24.0 Å². The summed E-state index contributed by atoms with van der Waals surface area (Å²) >= 11 is 0. The van der Waals surface area contributed by atoms with E-state index in [1.54, 1.807) is 42.5 Å². The van der Waals surface area contributed by atoms with Crippen LogP contribution >= 0.6 is 0 Å². The molecule has 0 atom stereocenters. The smallest absolute Gasteiger partial charge is 0.244 e. The first-order valence-corrected chi connectivity index (χ1v) is 9.86. The van der Waals surface area contributed by atoms with E-state index in [4.69, 9.17) is 0 Å². The molecule has 1 heterocycles. The van der Waals surface area contributed by atoms with Crippen molar-refractivity contribution in [3.8, 4) is 0 Å². The van der Waals surface area contributed by atoms with Gasteiger partial charge in [0.15, 0.2) is 0 Å². The van der Waals surface area contributed by atoms with Gasteiger partial charge in [0, 0.05) is 19.2 Å². The summed E-state index contributed by atoms with van der Waals surface area (Å²) in [5.41, 5.74) is 2.10. The molecule has 1 aliphatic rings. The fourth-order valence-electron chi connectivity index (χ4n) is 2.75. The molecule has 0 saturated carbocycles. The number of halogens is 1. The number of carbonyl (C=O) groups is 1. The largest absolute Gasteiger partial charge is 0.348 e. The fourth-order valence-corrected chi connectivity index (χ4v) is 4.31. The Morgan fingerprint density at radius 2 is 1.96 bits per heavy atom. The summed E-state index contributed by atoms with van der Waals surface area (Å²) in [4.78, 5) is 11.9. The number of sulfonamides is 1. The Hall–Kier alpha value is -2.67. The van der Waals surface area contributed by atoms with Crippen molar-refractivity contribution in [1.82, 2.24) is 5.32 Å². The summed E-state index contributed by atoms with van der Waals surface area (Å²) < 4.78 is 38.3. The molecule has 3 rings (SSSR count). The number of hydrogen-bond donors (Lipinski definition) is 1. The summed E-state index contributed by atoms with van der Waals surface area (Å²) in [7, 11) is -3.19. The number of carbonyl (C=O) groups excluding carboxylic acids is 1. The summed E-state index contributed by atoms with van der Waals surface area (Å²) in [5, 5.41) is 2.68. The maximum absolute atomic E-state index is 13.1. The van der Waals surface area contributed by atoms with Crippen LogP contribution in [-0.2, 0) is 21.4 Å². The lowest BCUT2D eigenvalue weighted by Crippen LogP contribution is -2.24. The Kier molecular flexibility index (Phi) is 5.37. The van der Waals surface area contributed by atoms with Gasteiger partial charge in [0.25, 0.3) is 0 Å². The van der Waals surface area contributed by atoms with Crippen LogP contribution < -0.4 is 9.62 Å². The van der Waals surface area contributed by atoms with E-state index in [2.05, 4.69) is 5.32 Å². The van der Waals surface area contributed by atoms with Crippen LogP contribution in [0.3, 0.4) is 0 Å². The first-order chi connectivity index (χ1) is 12.4. The highest BCUT2D eigenvalue weighted by molar-refractivity contribution is 7.93. The average molecular weight is 374 g/mol. The van der Waals surface area contributed by atoms with Crippen molar-refractivity contribution in [2.24, 2.45) is 0 Å². The van der Waals surface area contributed by atoms with E-state index in [0.29, 0.717) is 24.2 Å². The molecule has 2 aromatic carbocycles. The van der Waals surface area contributed by atoms with Crippen molar-refractivity contribution in [2.75, 3.05) is 16.6 Å². The van der Waals surface area contributed by atoms with Crippen molar-refractivity contribution in [3.05, 3.63) is 71.6 Å². The van der Waals surface area contributed by atoms with Crippen molar-refractivity contribution >= 4 is 27.7 Å². The fraction of sp³-hybridized carbons (Fsp3) is 0.211. The Bertz CT molecular complexity index is 924. The summed E-state index contributed by atoms with van der Waals surface area (Å²) in [6.07, 6.45) is 3.67. The summed E-state index contributed by atoms with van der Waals surface area (Å²) in [6, 6.07) is 13.0. The third-order valence-corrected chi connectivity index (χ3v) is 5.93. The second-order valence-electron chi connectivity index (χ2n) is 6.01. The van der Waals surface area contributed by atoms with Crippen LogP contribution in [0.2, 0.25) is 0 Å². The SMILES string of the molecule is O=C(/C=C/c1ccc(N2CCCS2(=O)=O)cc1)NCc1cccc(F)c1. The minimum Gasteiger partial charge on any atom is -0.348 e. The molecule has 136 valence electrons. The topological polar surface area (TPSA) is 66.5 Å². The zero-order valence-electron chi connectivity index (χ0n) is 14.1. The van der Waals surface area contributed by atoms with E-state index >= 15 is 0 Å². The Morgan fingerprint density at radius 3 is 2.62 bits per heavy atom. The van der Waals surface area contributed by atoms with Gasteiger partial charge in [-0.1, -0.05) is 24.3 Å². The van der Waals surface area contributed by atoms with E-state index in [9.17, 15) is 17.6 Å². The maximum atomic E-state index is 13.1. The molecule has 7 heteroatoms. The molecule has 0 aromatic heterocycles. The first kappa shape index (κ1) is 18.1. The second-order valence-corrected chi connectivity index (χ2v) is 8.03. The van der Waals surface area contributed by atoms with Crippen molar-refractivity contribution in [1.29, 1.82) is 0 Å². The van der Waals surface area contributed by atoms with E-state index in [1.165, 1.54) is 22.5 Å². The monoisotopic (exact) mass is 374 g/mol. The predicted octanol–water partition coefficient (Wildman–Crippen LogP) is 2.70. The van der Waals surface area contributed by atoms with Gasteiger partial charge in [-0.15, -0.1) is 0 Å². The minimum absolute atomic E-state index is 0.181. The van der Waals surface area contributed by atoms with Crippen LogP contribution in [0.5, 0.6) is 0 Å². The molecule has 26 heavy (non-hydrogen) atoms. The van der Waals surface area contributed by atoms with Crippen LogP contribution in [0.1, 0.15) is 17.5 Å². The Labute approximate surface area is 152 Å². The van der Waals surface area contributed by atoms with Gasteiger partial charge in [0.05, 0.1) is 11.4 Å². The van der Waals surface area contributed by atoms with Gasteiger partial charge in [-0.2, -0.15) is 0 Å². The van der Waals surface area contributed by atoms with Gasteiger partial charge in [-0.25, -0.2) is 12.8 Å². The zero-order chi connectivity index (χ0) is 18.6. The third-order valence-electron chi connectivity index (χ3n) is 4.06. The van der Waals surface area contributed by atoms with Gasteiger partial charge in [0.2, 0.25) is 15.9 Å². The van der Waals surface area contributed by atoms with Crippen LogP contribution in [-0.4, -0.2) is 26.6 Å². The highest BCUT2D eigenvalue weighted by Crippen LogP contribution is 2.24. The molecular formula is C19H19FN2O3S. The highest BCUT2D eigenvalue weighted by atomic mass is 32.2. The second kappa shape index (κ2) is 7.70. The lowest BCUT2D eigenvalue weighted by molar-refractivity contribution is -0.116. The summed E-state index contributed by atoms with van der Waals surface area (Å²) in [5.74, 6) is -0.451. The molecule has 1 N–H and O–H groups in total. The number of rotatable bonds is 5. The molecule has 0 bridgehead atoms. The number of amides is 1. The maximum Gasteiger partial charge on any atom is 0.244 e. The number of anilines is 1. The van der Waals surface area contributed by atoms with Crippen molar-refractivity contribution in [3.63, 3.8) is 0 Å². The van der Waals surface area contributed by atoms with Crippen LogP contribution in [0.25, 0.3) is 6.08 Å². The number of hydrogen-bond acceptors (Lipinski definition) is 3. The van der Waals surface area contributed by atoms with Gasteiger partial charge in [-0.3, -0.25) is 9.10 Å². The number of nitrogens with zero attached hydrogens (tertiary/aromatic N) is 1. The molecular weight excluding hydrogens is 355 g/mol. The molecule has 5 nitrogen and oxygen atoms in total. The first-order valence-electron chi connectivity index (χ1n) is 8.25.